The quantitative estimate of drug-likeness (QED) is 0.681. The summed E-state index contributed by atoms with van der Waals surface area (Å²) in [5, 5.41) is 3.44. The third-order valence-corrected chi connectivity index (χ3v) is 2.63. The predicted molar refractivity (Wildman–Crippen MR) is 58.4 cm³/mol. The van der Waals surface area contributed by atoms with E-state index in [0.29, 0.717) is 0 Å². The van der Waals surface area contributed by atoms with Crippen LogP contribution in [0.25, 0.3) is 0 Å². The normalized spacial score (nSPS) is 18.8. The molecule has 0 spiro atoms. The van der Waals surface area contributed by atoms with Gasteiger partial charge in [-0.05, 0) is 45.7 Å². The van der Waals surface area contributed by atoms with Crippen molar-refractivity contribution in [2.24, 2.45) is 0 Å². The Hall–Kier alpha value is -0.720. The zero-order valence-corrected chi connectivity index (χ0v) is 9.11. The summed E-state index contributed by atoms with van der Waals surface area (Å²) in [4.78, 5) is 0. The summed E-state index contributed by atoms with van der Waals surface area (Å²) in [5.74, 6) is 0. The van der Waals surface area contributed by atoms with Gasteiger partial charge in [-0.3, -0.25) is 0 Å². The van der Waals surface area contributed by atoms with Crippen LogP contribution in [0.5, 0.6) is 0 Å². The Morgan fingerprint density at radius 2 is 2.08 bits per heavy atom. The van der Waals surface area contributed by atoms with Crippen molar-refractivity contribution in [3.8, 4) is 0 Å². The molecule has 0 aromatic carbocycles. The Morgan fingerprint density at radius 3 is 2.77 bits per heavy atom. The van der Waals surface area contributed by atoms with E-state index in [-0.39, 0.29) is 0 Å². The van der Waals surface area contributed by atoms with Crippen molar-refractivity contribution in [2.45, 2.75) is 52.9 Å². The van der Waals surface area contributed by atoms with Gasteiger partial charge in [0.25, 0.3) is 0 Å². The van der Waals surface area contributed by atoms with Crippen molar-refractivity contribution < 1.29 is 0 Å². The number of allylic oxidation sites excluding steroid dienone is 3. The van der Waals surface area contributed by atoms with Crippen molar-refractivity contribution in [3.05, 3.63) is 23.0 Å². The van der Waals surface area contributed by atoms with Gasteiger partial charge in [0.15, 0.2) is 0 Å². The van der Waals surface area contributed by atoms with Crippen molar-refractivity contribution >= 4 is 0 Å². The smallest absolute Gasteiger partial charge is 0.0135 e. The van der Waals surface area contributed by atoms with Crippen LogP contribution in [0, 0.1) is 0 Å². The standard InChI is InChI=1S/C12H21N/c1-4-6-12-11(3)8-5-7-10(2)9-13-12/h9,13H,4-8H2,1-3H3. The molecule has 74 valence electrons. The lowest BCUT2D eigenvalue weighted by atomic mass is 10.0. The van der Waals surface area contributed by atoms with Crippen LogP contribution in [-0.4, -0.2) is 0 Å². The second kappa shape index (κ2) is 5.11. The first-order valence-electron chi connectivity index (χ1n) is 5.35. The highest BCUT2D eigenvalue weighted by Gasteiger charge is 2.04. The maximum absolute atomic E-state index is 3.44. The first-order chi connectivity index (χ1) is 6.24. The largest absolute Gasteiger partial charge is 0.365 e. The van der Waals surface area contributed by atoms with Crippen LogP contribution in [0.3, 0.4) is 0 Å². The minimum Gasteiger partial charge on any atom is -0.365 e. The lowest BCUT2D eigenvalue weighted by Crippen LogP contribution is -2.10. The summed E-state index contributed by atoms with van der Waals surface area (Å²) in [7, 11) is 0. The van der Waals surface area contributed by atoms with E-state index in [9.17, 15) is 0 Å². The Morgan fingerprint density at radius 1 is 1.31 bits per heavy atom. The molecule has 0 unspecified atom stereocenters. The van der Waals surface area contributed by atoms with Crippen LogP contribution in [0.4, 0.5) is 0 Å². The molecule has 0 radical (unpaired) electrons. The third-order valence-electron chi connectivity index (χ3n) is 2.63. The van der Waals surface area contributed by atoms with E-state index in [1.807, 2.05) is 0 Å². The molecule has 1 aliphatic rings. The van der Waals surface area contributed by atoms with Crippen LogP contribution in [0.2, 0.25) is 0 Å². The number of rotatable bonds is 2. The average Bonchev–Trinajstić information content (AvgIpc) is 2.10. The summed E-state index contributed by atoms with van der Waals surface area (Å²) in [6.07, 6.45) is 8.40. The summed E-state index contributed by atoms with van der Waals surface area (Å²) >= 11 is 0. The molecule has 1 heteroatoms. The van der Waals surface area contributed by atoms with Gasteiger partial charge < -0.3 is 5.32 Å². The Bertz CT molecular complexity index is 223. The monoisotopic (exact) mass is 179 g/mol. The second-order valence-electron chi connectivity index (χ2n) is 4.00. The van der Waals surface area contributed by atoms with Crippen molar-refractivity contribution in [1.29, 1.82) is 0 Å². The molecule has 0 saturated carbocycles. The van der Waals surface area contributed by atoms with Crippen molar-refractivity contribution in [3.63, 3.8) is 0 Å². The highest BCUT2D eigenvalue weighted by atomic mass is 14.9. The van der Waals surface area contributed by atoms with Gasteiger partial charge >= 0.3 is 0 Å². The average molecular weight is 179 g/mol. The molecule has 0 fully saturated rings. The van der Waals surface area contributed by atoms with Gasteiger partial charge in [0.2, 0.25) is 0 Å². The molecule has 1 nitrogen and oxygen atoms in total. The third kappa shape index (κ3) is 3.25. The fraction of sp³-hybridized carbons (Fsp3) is 0.667. The minimum atomic E-state index is 1.19. The summed E-state index contributed by atoms with van der Waals surface area (Å²) in [5.41, 5.74) is 4.47. The zero-order valence-electron chi connectivity index (χ0n) is 9.11. The highest BCUT2D eigenvalue weighted by Crippen LogP contribution is 2.19. The molecule has 0 aliphatic carbocycles. The van der Waals surface area contributed by atoms with E-state index in [1.165, 1.54) is 43.4 Å². The fourth-order valence-electron chi connectivity index (χ4n) is 1.72. The summed E-state index contributed by atoms with van der Waals surface area (Å²) < 4.78 is 0. The van der Waals surface area contributed by atoms with Crippen LogP contribution >= 0.6 is 0 Å². The van der Waals surface area contributed by atoms with Crippen LogP contribution in [0.1, 0.15) is 52.9 Å². The van der Waals surface area contributed by atoms with Gasteiger partial charge in [-0.1, -0.05) is 24.5 Å². The second-order valence-corrected chi connectivity index (χ2v) is 4.00. The molecular formula is C12H21N. The topological polar surface area (TPSA) is 12.0 Å². The maximum atomic E-state index is 3.44. The molecule has 0 aromatic heterocycles. The van der Waals surface area contributed by atoms with Gasteiger partial charge in [0.05, 0.1) is 0 Å². The van der Waals surface area contributed by atoms with E-state index in [1.54, 1.807) is 5.57 Å². The highest BCUT2D eigenvalue weighted by molar-refractivity contribution is 5.16. The van der Waals surface area contributed by atoms with Crippen LogP contribution in [0.15, 0.2) is 23.0 Å². The molecule has 1 heterocycles. The van der Waals surface area contributed by atoms with Crippen LogP contribution in [-0.2, 0) is 0 Å². The molecule has 0 aromatic rings. The van der Waals surface area contributed by atoms with E-state index in [0.717, 1.165) is 0 Å². The van der Waals surface area contributed by atoms with Crippen LogP contribution < -0.4 is 5.32 Å². The molecule has 1 rings (SSSR count). The Kier molecular flexibility index (Phi) is 4.07. The van der Waals surface area contributed by atoms with E-state index >= 15 is 0 Å². The van der Waals surface area contributed by atoms with Crippen molar-refractivity contribution in [2.75, 3.05) is 0 Å². The van der Waals surface area contributed by atoms with Gasteiger partial charge in [-0.25, -0.2) is 0 Å². The molecule has 1 aliphatic heterocycles. The Labute approximate surface area is 81.9 Å². The molecule has 0 atom stereocenters. The lowest BCUT2D eigenvalue weighted by Gasteiger charge is -2.15. The first kappa shape index (κ1) is 10.4. The van der Waals surface area contributed by atoms with Gasteiger partial charge in [-0.15, -0.1) is 0 Å². The SMILES string of the molecule is CCCC1=C(C)CCCC(C)=CN1. The molecule has 0 amide bonds. The predicted octanol–water partition coefficient (Wildman–Crippen LogP) is 3.74. The minimum absolute atomic E-state index is 1.19. The summed E-state index contributed by atoms with van der Waals surface area (Å²) in [6, 6.07) is 0. The lowest BCUT2D eigenvalue weighted by molar-refractivity contribution is 0.729. The molecule has 0 saturated heterocycles. The van der Waals surface area contributed by atoms with Crippen molar-refractivity contribution in [1.82, 2.24) is 5.32 Å². The number of hydrogen-bond acceptors (Lipinski definition) is 1. The molecular weight excluding hydrogens is 158 g/mol. The maximum Gasteiger partial charge on any atom is 0.0135 e. The summed E-state index contributed by atoms with van der Waals surface area (Å²) in [6.45, 7) is 6.70. The molecule has 13 heavy (non-hydrogen) atoms. The van der Waals surface area contributed by atoms with Gasteiger partial charge in [0, 0.05) is 5.70 Å². The van der Waals surface area contributed by atoms with Gasteiger partial charge in [-0.2, -0.15) is 0 Å². The van der Waals surface area contributed by atoms with E-state index in [4.69, 9.17) is 0 Å². The first-order valence-corrected chi connectivity index (χ1v) is 5.35. The van der Waals surface area contributed by atoms with E-state index < -0.39 is 0 Å². The van der Waals surface area contributed by atoms with E-state index in [2.05, 4.69) is 32.3 Å². The van der Waals surface area contributed by atoms with Gasteiger partial charge in [0.1, 0.15) is 0 Å². The number of nitrogens with one attached hydrogen (secondary N) is 1. The number of hydrogen-bond donors (Lipinski definition) is 1. The molecule has 0 bridgehead atoms. The fourth-order valence-corrected chi connectivity index (χ4v) is 1.72. The molecule has 1 N–H and O–H groups in total. The Balaban J connectivity index is 2.68. The zero-order chi connectivity index (χ0) is 9.68.